The molecule has 5 nitrogen and oxygen atoms in total. The Kier molecular flexibility index (Phi) is 6.82. The minimum Gasteiger partial charge on any atom is -0.256 e. The van der Waals surface area contributed by atoms with Crippen LogP contribution in [0.1, 0.15) is 109 Å². The van der Waals surface area contributed by atoms with Gasteiger partial charge in [0.05, 0.1) is 5.52 Å². The van der Waals surface area contributed by atoms with Crippen LogP contribution < -0.4 is 9.13 Å². The van der Waals surface area contributed by atoms with E-state index < -0.39 is 0 Å². The summed E-state index contributed by atoms with van der Waals surface area (Å²) in [6.07, 6.45) is 1.88. The predicted molar refractivity (Wildman–Crippen MR) is 199 cm³/mol. The Hall–Kier alpha value is -4.25. The molecule has 0 fully saturated rings. The van der Waals surface area contributed by atoms with E-state index >= 15 is 0 Å². The highest BCUT2D eigenvalue weighted by Gasteiger charge is 2.47. The third-order valence-corrected chi connectivity index (χ3v) is 13.0. The Labute approximate surface area is 286 Å². The topological polar surface area (TPSA) is 29.5 Å². The SMILES string of the molecule is CC1=C(C)C(C)(C)[n+]2c1c1c(C)c(C)c(C)c(C)n1c2C.Cc1c(C)c(C)n2c(C)[n+]3c(c2c1C)-c1cc2ncccc2cc1C3(C)C. The number of aryl methyl sites for hydroxylation is 6. The van der Waals surface area contributed by atoms with Gasteiger partial charge >= 0.3 is 0 Å². The molecule has 0 bridgehead atoms. The molecule has 0 spiro atoms. The molecular weight excluding hydrogens is 587 g/mol. The number of allylic oxidation sites excluding steroid dienone is 2. The Morgan fingerprint density at radius 1 is 0.583 bits per heavy atom. The maximum absolute atomic E-state index is 4.62. The first-order valence-electron chi connectivity index (χ1n) is 17.5. The van der Waals surface area contributed by atoms with Gasteiger partial charge in [0, 0.05) is 53.3 Å². The highest BCUT2D eigenvalue weighted by Crippen LogP contribution is 2.44. The summed E-state index contributed by atoms with van der Waals surface area (Å²) in [5.74, 6) is 2.63. The van der Waals surface area contributed by atoms with Crippen LogP contribution >= 0.6 is 0 Å². The molecule has 0 unspecified atom stereocenters. The van der Waals surface area contributed by atoms with Crippen LogP contribution in [0.2, 0.25) is 0 Å². The summed E-state index contributed by atoms with van der Waals surface area (Å²) < 4.78 is 9.99. The molecule has 5 aromatic heterocycles. The molecule has 0 atom stereocenters. The first-order chi connectivity index (χ1) is 22.4. The summed E-state index contributed by atoms with van der Waals surface area (Å²) in [7, 11) is 0. The van der Waals surface area contributed by atoms with Gasteiger partial charge in [-0.15, -0.1) is 0 Å². The highest BCUT2D eigenvalue weighted by atomic mass is 15.2. The fraction of sp³-hybridized carbons (Fsp3) is 0.419. The van der Waals surface area contributed by atoms with Crippen molar-refractivity contribution in [1.29, 1.82) is 0 Å². The van der Waals surface area contributed by atoms with E-state index in [2.05, 4.69) is 152 Å². The Morgan fingerprint density at radius 3 is 1.62 bits per heavy atom. The zero-order chi connectivity index (χ0) is 35.1. The number of benzene rings is 1. The van der Waals surface area contributed by atoms with Crippen molar-refractivity contribution in [2.24, 2.45) is 0 Å². The number of rotatable bonds is 0. The van der Waals surface area contributed by atoms with Gasteiger partial charge in [-0.25, -0.2) is 9.13 Å². The number of aromatic nitrogens is 5. The molecule has 0 radical (unpaired) electrons. The normalized spacial score (nSPS) is 15.8. The number of fused-ring (bicyclic) bond motifs is 9. The zero-order valence-corrected chi connectivity index (χ0v) is 32.1. The number of hydrogen-bond donors (Lipinski definition) is 0. The van der Waals surface area contributed by atoms with E-state index in [1.807, 2.05) is 12.3 Å². The van der Waals surface area contributed by atoms with Gasteiger partial charge in [-0.05, 0) is 143 Å². The third-order valence-electron chi connectivity index (χ3n) is 13.0. The van der Waals surface area contributed by atoms with Crippen LogP contribution in [0, 0.1) is 69.2 Å². The van der Waals surface area contributed by atoms with E-state index in [1.165, 1.54) is 106 Å². The second-order valence-electron chi connectivity index (χ2n) is 15.7. The van der Waals surface area contributed by atoms with Gasteiger partial charge in [-0.2, -0.15) is 8.80 Å². The molecule has 8 rings (SSSR count). The van der Waals surface area contributed by atoms with E-state index in [1.54, 1.807) is 0 Å². The van der Waals surface area contributed by atoms with E-state index in [9.17, 15) is 0 Å². The quantitative estimate of drug-likeness (QED) is 0.152. The van der Waals surface area contributed by atoms with Gasteiger partial charge in [0.15, 0.2) is 22.4 Å². The first-order valence-corrected chi connectivity index (χ1v) is 17.5. The molecule has 0 amide bonds. The first kappa shape index (κ1) is 32.3. The molecule has 0 saturated heterocycles. The minimum atomic E-state index is -0.0918. The van der Waals surface area contributed by atoms with Crippen LogP contribution in [-0.4, -0.2) is 13.8 Å². The Morgan fingerprint density at radius 2 is 1.08 bits per heavy atom. The van der Waals surface area contributed by atoms with Crippen molar-refractivity contribution in [3.8, 4) is 11.3 Å². The maximum atomic E-state index is 4.62. The minimum absolute atomic E-state index is 0.0657. The Bertz CT molecular complexity index is 2460. The predicted octanol–water partition coefficient (Wildman–Crippen LogP) is 9.39. The molecule has 1 aromatic carbocycles. The van der Waals surface area contributed by atoms with Gasteiger partial charge in [-0.1, -0.05) is 6.07 Å². The van der Waals surface area contributed by atoms with Crippen LogP contribution in [0.25, 0.3) is 38.8 Å². The molecule has 0 saturated carbocycles. The van der Waals surface area contributed by atoms with E-state index in [-0.39, 0.29) is 11.1 Å². The van der Waals surface area contributed by atoms with Crippen molar-refractivity contribution in [2.45, 2.75) is 122 Å². The molecule has 48 heavy (non-hydrogen) atoms. The molecular formula is C43H53N5+2. The summed E-state index contributed by atoms with van der Waals surface area (Å²) in [5.41, 5.74) is 23.3. The van der Waals surface area contributed by atoms with Crippen LogP contribution in [0.5, 0.6) is 0 Å². The summed E-state index contributed by atoms with van der Waals surface area (Å²) >= 11 is 0. The summed E-state index contributed by atoms with van der Waals surface area (Å²) in [5, 5.41) is 1.21. The molecule has 5 heteroatoms. The van der Waals surface area contributed by atoms with Crippen molar-refractivity contribution in [3.05, 3.63) is 104 Å². The van der Waals surface area contributed by atoms with Crippen molar-refractivity contribution in [3.63, 3.8) is 0 Å². The maximum Gasteiger partial charge on any atom is 0.259 e. The van der Waals surface area contributed by atoms with E-state index in [0.29, 0.717) is 0 Å². The fourth-order valence-electron chi connectivity index (χ4n) is 9.29. The lowest BCUT2D eigenvalue weighted by Gasteiger charge is -2.19. The average Bonchev–Trinajstić information content (AvgIpc) is 3.67. The molecule has 248 valence electrons. The van der Waals surface area contributed by atoms with Crippen molar-refractivity contribution in [2.75, 3.05) is 0 Å². The van der Waals surface area contributed by atoms with Gasteiger partial charge < -0.3 is 0 Å². The molecule has 2 aliphatic rings. The van der Waals surface area contributed by atoms with Gasteiger partial charge in [0.1, 0.15) is 22.5 Å². The fourth-order valence-corrected chi connectivity index (χ4v) is 9.29. The number of imidazole rings is 2. The monoisotopic (exact) mass is 639 g/mol. The summed E-state index contributed by atoms with van der Waals surface area (Å²) in [6, 6.07) is 8.81. The molecule has 7 heterocycles. The smallest absolute Gasteiger partial charge is 0.256 e. The third kappa shape index (κ3) is 3.82. The van der Waals surface area contributed by atoms with Gasteiger partial charge in [-0.3, -0.25) is 4.98 Å². The lowest BCUT2D eigenvalue weighted by Crippen LogP contribution is -2.53. The van der Waals surface area contributed by atoms with Gasteiger partial charge in [0.2, 0.25) is 0 Å². The number of pyridine rings is 3. The number of nitrogens with zero attached hydrogens (tertiary/aromatic N) is 5. The second-order valence-corrected chi connectivity index (χ2v) is 15.7. The lowest BCUT2D eigenvalue weighted by atomic mass is 9.91. The number of hydrogen-bond acceptors (Lipinski definition) is 1. The van der Waals surface area contributed by atoms with Crippen LogP contribution in [0.15, 0.2) is 36.0 Å². The summed E-state index contributed by atoms with van der Waals surface area (Å²) in [6.45, 7) is 36.4. The summed E-state index contributed by atoms with van der Waals surface area (Å²) in [4.78, 5) is 4.62. The van der Waals surface area contributed by atoms with Crippen molar-refractivity contribution >= 4 is 27.5 Å². The second kappa shape index (κ2) is 10.1. The van der Waals surface area contributed by atoms with E-state index in [0.717, 1.165) is 5.52 Å². The zero-order valence-electron chi connectivity index (χ0n) is 32.1. The Balaban J connectivity index is 0.000000157. The standard InChI is InChI=1S/C24H26N3.C19H27N2/c1-13-14(2)16(4)26-17(5)27-23(22(26)15(13)3)19-12-21-18(9-8-10-25-21)11-20(19)24(27,6)7;1-10-11(2)15(6)20-16(7)21-18(17(20)12(10)3)13(4)14(5)19(21,8)9/h8-12H,1-7H3;1-9H3/q2*+1. The largest absolute Gasteiger partial charge is 0.259 e. The molecule has 2 aliphatic heterocycles. The highest BCUT2D eigenvalue weighted by molar-refractivity contribution is 5.91. The van der Waals surface area contributed by atoms with Crippen molar-refractivity contribution < 1.29 is 9.13 Å². The van der Waals surface area contributed by atoms with Crippen LogP contribution in [0.4, 0.5) is 0 Å². The average molecular weight is 640 g/mol. The molecule has 6 aromatic rings. The van der Waals surface area contributed by atoms with Gasteiger partial charge in [0.25, 0.3) is 11.6 Å². The van der Waals surface area contributed by atoms with Crippen LogP contribution in [0.3, 0.4) is 0 Å². The molecule has 0 N–H and O–H groups in total. The van der Waals surface area contributed by atoms with Crippen molar-refractivity contribution in [1.82, 2.24) is 13.8 Å². The van der Waals surface area contributed by atoms with Crippen LogP contribution in [-0.2, 0) is 11.1 Å². The molecule has 0 aliphatic carbocycles. The van der Waals surface area contributed by atoms with E-state index in [4.69, 9.17) is 0 Å². The lowest BCUT2D eigenvalue weighted by molar-refractivity contribution is -0.748.